The van der Waals surface area contributed by atoms with Crippen LogP contribution in [0.5, 0.6) is 0 Å². The molecule has 4 nitrogen and oxygen atoms in total. The Hall–Kier alpha value is -3.66. The molecule has 0 N–H and O–H groups in total. The summed E-state index contributed by atoms with van der Waals surface area (Å²) in [6.07, 6.45) is 0. The molecule has 0 radical (unpaired) electrons. The predicted octanol–water partition coefficient (Wildman–Crippen LogP) is 4.82. The van der Waals surface area contributed by atoms with Gasteiger partial charge in [-0.1, -0.05) is 72.8 Å². The van der Waals surface area contributed by atoms with Crippen LogP contribution < -0.4 is 5.43 Å². The molecular weight excluding hydrogens is 340 g/mol. The Labute approximate surface area is 155 Å². The number of rotatable bonds is 4. The van der Waals surface area contributed by atoms with E-state index in [1.54, 1.807) is 36.4 Å². The van der Waals surface area contributed by atoms with Crippen LogP contribution in [0.15, 0.2) is 94.1 Å². The van der Waals surface area contributed by atoms with Gasteiger partial charge in [0.15, 0.2) is 11.3 Å². The number of hydrogen-bond donors (Lipinski definition) is 0. The van der Waals surface area contributed by atoms with E-state index in [0.717, 1.165) is 5.56 Å². The van der Waals surface area contributed by atoms with Crippen molar-refractivity contribution in [1.29, 1.82) is 0 Å². The minimum atomic E-state index is -0.697. The topological polar surface area (TPSA) is 56.5 Å². The predicted molar refractivity (Wildman–Crippen MR) is 103 cm³/mol. The highest BCUT2D eigenvalue weighted by Crippen LogP contribution is 2.26. The third-order valence-corrected chi connectivity index (χ3v) is 4.25. The molecule has 4 rings (SSSR count). The van der Waals surface area contributed by atoms with Gasteiger partial charge >= 0.3 is 5.97 Å². The SMILES string of the molecule is O=C(OCc1ccccc1)c1c(-c2ccccc2)oc2ccccc2c1=O. The minimum absolute atomic E-state index is 0.0835. The van der Waals surface area contributed by atoms with Crippen molar-refractivity contribution in [3.05, 3.63) is 106 Å². The fraction of sp³-hybridized carbons (Fsp3) is 0.0435. The van der Waals surface area contributed by atoms with Crippen molar-refractivity contribution < 1.29 is 13.9 Å². The van der Waals surface area contributed by atoms with Crippen LogP contribution in [0.4, 0.5) is 0 Å². The number of para-hydroxylation sites is 1. The van der Waals surface area contributed by atoms with Crippen molar-refractivity contribution in [2.24, 2.45) is 0 Å². The number of ether oxygens (including phenoxy) is 1. The van der Waals surface area contributed by atoms with Gasteiger partial charge in [-0.05, 0) is 17.7 Å². The Morgan fingerprint density at radius 3 is 2.19 bits per heavy atom. The zero-order chi connectivity index (χ0) is 18.6. The monoisotopic (exact) mass is 356 g/mol. The second kappa shape index (κ2) is 7.30. The maximum Gasteiger partial charge on any atom is 0.346 e. The summed E-state index contributed by atoms with van der Waals surface area (Å²) in [7, 11) is 0. The van der Waals surface area contributed by atoms with Gasteiger partial charge in [-0.25, -0.2) is 4.79 Å². The summed E-state index contributed by atoms with van der Waals surface area (Å²) in [5.41, 5.74) is 1.44. The zero-order valence-electron chi connectivity index (χ0n) is 14.4. The highest BCUT2D eigenvalue weighted by molar-refractivity contribution is 5.99. The average molecular weight is 356 g/mol. The highest BCUT2D eigenvalue weighted by atomic mass is 16.5. The molecule has 0 fully saturated rings. The number of benzene rings is 3. The van der Waals surface area contributed by atoms with Gasteiger partial charge < -0.3 is 9.15 Å². The molecule has 0 bridgehead atoms. The molecule has 0 amide bonds. The van der Waals surface area contributed by atoms with Gasteiger partial charge in [0.25, 0.3) is 0 Å². The van der Waals surface area contributed by atoms with E-state index < -0.39 is 11.4 Å². The van der Waals surface area contributed by atoms with Gasteiger partial charge in [0.1, 0.15) is 12.2 Å². The number of fused-ring (bicyclic) bond motifs is 1. The maximum absolute atomic E-state index is 13.0. The molecule has 0 saturated carbocycles. The summed E-state index contributed by atoms with van der Waals surface area (Å²) < 4.78 is 11.3. The smallest absolute Gasteiger partial charge is 0.346 e. The first kappa shape index (κ1) is 16.8. The van der Waals surface area contributed by atoms with E-state index in [1.165, 1.54) is 0 Å². The summed E-state index contributed by atoms with van der Waals surface area (Å²) in [6, 6.07) is 25.3. The zero-order valence-corrected chi connectivity index (χ0v) is 14.4. The Morgan fingerprint density at radius 1 is 0.815 bits per heavy atom. The fourth-order valence-corrected chi connectivity index (χ4v) is 2.92. The van der Waals surface area contributed by atoms with Crippen LogP contribution in [0.2, 0.25) is 0 Å². The van der Waals surface area contributed by atoms with Crippen molar-refractivity contribution in [2.75, 3.05) is 0 Å². The van der Waals surface area contributed by atoms with E-state index in [1.807, 2.05) is 48.5 Å². The van der Waals surface area contributed by atoms with Crippen molar-refractivity contribution in [2.45, 2.75) is 6.61 Å². The molecule has 4 heteroatoms. The lowest BCUT2D eigenvalue weighted by molar-refractivity contribution is 0.0470. The van der Waals surface area contributed by atoms with Crippen molar-refractivity contribution >= 4 is 16.9 Å². The fourth-order valence-electron chi connectivity index (χ4n) is 2.92. The highest BCUT2D eigenvalue weighted by Gasteiger charge is 2.23. The molecular formula is C23H16O4. The Balaban J connectivity index is 1.81. The molecule has 0 spiro atoms. The molecule has 0 aliphatic carbocycles. The number of carbonyl (C=O) groups is 1. The quantitative estimate of drug-likeness (QED) is 0.492. The molecule has 0 unspecified atom stereocenters. The lowest BCUT2D eigenvalue weighted by Gasteiger charge is -2.10. The summed E-state index contributed by atoms with van der Waals surface area (Å²) in [6.45, 7) is 0.0835. The molecule has 3 aromatic carbocycles. The molecule has 0 aliphatic heterocycles. The molecule has 1 aromatic heterocycles. The van der Waals surface area contributed by atoms with Gasteiger partial charge in [-0.15, -0.1) is 0 Å². The summed E-state index contributed by atoms with van der Waals surface area (Å²) in [5.74, 6) is -0.477. The van der Waals surface area contributed by atoms with E-state index in [0.29, 0.717) is 16.5 Å². The molecule has 1 heterocycles. The standard InChI is InChI=1S/C23H16O4/c24-21-18-13-7-8-14-19(18)27-22(17-11-5-2-6-12-17)20(21)23(25)26-15-16-9-3-1-4-10-16/h1-14H,15H2. The molecule has 132 valence electrons. The maximum atomic E-state index is 13.0. The Morgan fingerprint density at radius 2 is 1.44 bits per heavy atom. The summed E-state index contributed by atoms with van der Waals surface area (Å²) in [5, 5.41) is 0.351. The largest absolute Gasteiger partial charge is 0.457 e. The van der Waals surface area contributed by atoms with E-state index in [9.17, 15) is 9.59 Å². The van der Waals surface area contributed by atoms with Crippen LogP contribution in [0.1, 0.15) is 15.9 Å². The van der Waals surface area contributed by atoms with E-state index >= 15 is 0 Å². The van der Waals surface area contributed by atoms with Crippen LogP contribution in [0.25, 0.3) is 22.3 Å². The van der Waals surface area contributed by atoms with Crippen molar-refractivity contribution in [3.8, 4) is 11.3 Å². The second-order valence-electron chi connectivity index (χ2n) is 6.06. The van der Waals surface area contributed by atoms with E-state index in [2.05, 4.69) is 0 Å². The Bertz CT molecular complexity index is 1150. The lowest BCUT2D eigenvalue weighted by atomic mass is 10.0. The molecule has 0 aliphatic rings. The molecule has 0 saturated heterocycles. The van der Waals surface area contributed by atoms with E-state index in [-0.39, 0.29) is 17.9 Å². The van der Waals surface area contributed by atoms with Gasteiger partial charge in [0, 0.05) is 5.56 Å². The number of esters is 1. The van der Waals surface area contributed by atoms with Crippen LogP contribution in [0.3, 0.4) is 0 Å². The van der Waals surface area contributed by atoms with Gasteiger partial charge in [0.2, 0.25) is 5.43 Å². The van der Waals surface area contributed by atoms with Crippen LogP contribution >= 0.6 is 0 Å². The van der Waals surface area contributed by atoms with Crippen molar-refractivity contribution in [1.82, 2.24) is 0 Å². The first-order valence-corrected chi connectivity index (χ1v) is 8.56. The first-order chi connectivity index (χ1) is 13.2. The van der Waals surface area contributed by atoms with Gasteiger partial charge in [-0.2, -0.15) is 0 Å². The third kappa shape index (κ3) is 3.37. The average Bonchev–Trinajstić information content (AvgIpc) is 2.73. The normalized spacial score (nSPS) is 10.7. The van der Waals surface area contributed by atoms with Crippen LogP contribution in [0, 0.1) is 0 Å². The lowest BCUT2D eigenvalue weighted by Crippen LogP contribution is -2.19. The second-order valence-corrected chi connectivity index (χ2v) is 6.06. The van der Waals surface area contributed by atoms with Crippen LogP contribution in [-0.4, -0.2) is 5.97 Å². The summed E-state index contributed by atoms with van der Waals surface area (Å²) >= 11 is 0. The number of hydrogen-bond acceptors (Lipinski definition) is 4. The minimum Gasteiger partial charge on any atom is -0.457 e. The molecule has 4 aromatic rings. The van der Waals surface area contributed by atoms with E-state index in [4.69, 9.17) is 9.15 Å². The Kier molecular flexibility index (Phi) is 4.54. The van der Waals surface area contributed by atoms with Crippen molar-refractivity contribution in [3.63, 3.8) is 0 Å². The third-order valence-electron chi connectivity index (χ3n) is 4.25. The number of carbonyl (C=O) groups excluding carboxylic acids is 1. The molecule has 27 heavy (non-hydrogen) atoms. The van der Waals surface area contributed by atoms with Gasteiger partial charge in [0.05, 0.1) is 5.39 Å². The molecule has 0 atom stereocenters. The van der Waals surface area contributed by atoms with Gasteiger partial charge in [-0.3, -0.25) is 4.79 Å². The first-order valence-electron chi connectivity index (χ1n) is 8.56. The van der Waals surface area contributed by atoms with Crippen LogP contribution in [-0.2, 0) is 11.3 Å². The summed E-state index contributed by atoms with van der Waals surface area (Å²) in [4.78, 5) is 25.8.